The van der Waals surface area contributed by atoms with Gasteiger partial charge in [-0.2, -0.15) is 0 Å². The Hall–Kier alpha value is 1.63. The molecule has 0 aliphatic carbocycles. The normalized spacial score (nSPS) is 8.29. The number of rotatable bonds is 0. The summed E-state index contributed by atoms with van der Waals surface area (Å²) in [4.78, 5) is 0. The number of halogens is 2. The molecule has 0 N–H and O–H groups in total. The quantitative estimate of drug-likeness (QED) is 0.456. The van der Waals surface area contributed by atoms with Gasteiger partial charge in [-0.25, -0.2) is 0 Å². The van der Waals surface area contributed by atoms with Gasteiger partial charge in [-0.3, -0.25) is 0 Å². The Balaban J connectivity index is 0. The molecule has 48 valence electrons. The van der Waals surface area contributed by atoms with Crippen molar-refractivity contribution in [2.45, 2.75) is 0 Å². The first kappa shape index (κ1) is 11.4. The number of hydrogen-bond acceptors (Lipinski definition) is 0. The predicted octanol–water partition coefficient (Wildman–Crippen LogP) is 2.73. The van der Waals surface area contributed by atoms with Crippen LogP contribution in [0.25, 0.3) is 0 Å². The van der Waals surface area contributed by atoms with Gasteiger partial charge in [0.1, 0.15) is 0 Å². The first-order valence-corrected chi connectivity index (χ1v) is 8.77. The Morgan fingerprint density at radius 3 is 1.14 bits per heavy atom. The van der Waals surface area contributed by atoms with E-state index >= 15 is 0 Å². The average Bonchev–Trinajstić information content (AvgIpc) is 1.33. The number of hydrogen-bond donors (Lipinski definition) is 0. The van der Waals surface area contributed by atoms with Crippen molar-refractivity contribution < 1.29 is 15.1 Å². The molecule has 0 amide bonds. The second-order valence-electron chi connectivity index (χ2n) is 1.39. The van der Waals surface area contributed by atoms with Crippen molar-refractivity contribution in [2.75, 3.05) is 20.0 Å². The first-order valence-electron chi connectivity index (χ1n) is 1.61. The molecule has 0 unspecified atom stereocenters. The first-order chi connectivity index (χ1) is 3.15. The Morgan fingerprint density at radius 1 is 1.14 bits per heavy atom. The molecular weight excluding hydrogens is 239 g/mol. The van der Waals surface area contributed by atoms with Crippen LogP contribution in [-0.2, 0) is 15.1 Å². The van der Waals surface area contributed by atoms with Gasteiger partial charge in [0.2, 0.25) is 0 Å². The fourth-order valence-electron chi connectivity index (χ4n) is 0. The zero-order valence-electron chi connectivity index (χ0n) is 4.56. The van der Waals surface area contributed by atoms with Crippen LogP contribution in [0.5, 0.6) is 0 Å². The minimum atomic E-state index is -0.346. The molecule has 0 atom stereocenters. The Bertz CT molecular complexity index is 24.1. The molecular formula is C3H9Cl2PRu. The summed E-state index contributed by atoms with van der Waals surface area (Å²) < 4.78 is 0. The molecule has 7 heavy (non-hydrogen) atoms. The van der Waals surface area contributed by atoms with Gasteiger partial charge >= 0.3 is 34.5 Å². The molecule has 0 heterocycles. The summed E-state index contributed by atoms with van der Waals surface area (Å²) in [6.07, 6.45) is 0. The van der Waals surface area contributed by atoms with Crippen molar-refractivity contribution in [1.82, 2.24) is 0 Å². The van der Waals surface area contributed by atoms with E-state index in [0.717, 1.165) is 0 Å². The Kier molecular flexibility index (Phi) is 17.3. The van der Waals surface area contributed by atoms with E-state index in [-0.39, 0.29) is 15.1 Å². The molecule has 0 saturated heterocycles. The second-order valence-corrected chi connectivity index (χ2v) is 6.71. The minimum absolute atomic E-state index is 0.346. The third-order valence-corrected chi connectivity index (χ3v) is 0. The maximum atomic E-state index is 4.85. The summed E-state index contributed by atoms with van der Waals surface area (Å²) in [5.41, 5.74) is 0. The summed E-state index contributed by atoms with van der Waals surface area (Å²) in [6, 6.07) is 0. The second kappa shape index (κ2) is 10.6. The molecule has 0 aliphatic heterocycles. The molecule has 0 rings (SSSR count). The van der Waals surface area contributed by atoms with Gasteiger partial charge in [0.05, 0.1) is 0 Å². The van der Waals surface area contributed by atoms with E-state index in [1.165, 1.54) is 0 Å². The van der Waals surface area contributed by atoms with E-state index in [1.807, 2.05) is 0 Å². The van der Waals surface area contributed by atoms with Crippen molar-refractivity contribution in [1.29, 1.82) is 0 Å². The summed E-state index contributed by atoms with van der Waals surface area (Å²) in [7, 11) is 10.1. The zero-order chi connectivity index (χ0) is 6.28. The van der Waals surface area contributed by atoms with E-state index in [2.05, 4.69) is 20.0 Å². The van der Waals surface area contributed by atoms with E-state index < -0.39 is 0 Å². The zero-order valence-corrected chi connectivity index (χ0v) is 8.70. The molecule has 0 aromatic rings. The van der Waals surface area contributed by atoms with E-state index in [4.69, 9.17) is 19.4 Å². The third-order valence-electron chi connectivity index (χ3n) is 0. The monoisotopic (exact) mass is 248 g/mol. The van der Waals surface area contributed by atoms with Crippen LogP contribution < -0.4 is 0 Å². The molecule has 0 bridgehead atoms. The molecule has 0 fully saturated rings. The van der Waals surface area contributed by atoms with Crippen LogP contribution in [0.15, 0.2) is 0 Å². The molecule has 0 spiro atoms. The standard InChI is InChI=1S/C3H9P.2ClH.Ru/c1-4(2)3;;;/h1-3H3;2*1H;/q;;;+2/p-2. The molecule has 0 aromatic heterocycles. The van der Waals surface area contributed by atoms with Gasteiger partial charge in [-0.05, 0) is 20.0 Å². The fraction of sp³-hybridized carbons (Fsp3) is 1.00. The molecule has 0 saturated carbocycles. The molecule has 4 heteroatoms. The van der Waals surface area contributed by atoms with Gasteiger partial charge < -0.3 is 0 Å². The average molecular weight is 248 g/mol. The Labute approximate surface area is 62.4 Å². The van der Waals surface area contributed by atoms with Gasteiger partial charge in [-0.15, -0.1) is 7.92 Å². The maximum absolute atomic E-state index is 4.85. The van der Waals surface area contributed by atoms with Crippen LogP contribution in [0.3, 0.4) is 0 Å². The van der Waals surface area contributed by atoms with Crippen LogP contribution in [0.4, 0.5) is 0 Å². The van der Waals surface area contributed by atoms with Gasteiger partial charge in [0.25, 0.3) is 0 Å². The molecule has 0 aromatic carbocycles. The van der Waals surface area contributed by atoms with Crippen molar-refractivity contribution in [3.05, 3.63) is 0 Å². The van der Waals surface area contributed by atoms with Crippen molar-refractivity contribution in [2.24, 2.45) is 0 Å². The van der Waals surface area contributed by atoms with Gasteiger partial charge in [0, 0.05) is 0 Å². The molecule has 0 radical (unpaired) electrons. The van der Waals surface area contributed by atoms with Gasteiger partial charge in [0.15, 0.2) is 0 Å². The van der Waals surface area contributed by atoms with Crippen molar-refractivity contribution in [3.63, 3.8) is 0 Å². The van der Waals surface area contributed by atoms with E-state index in [0.29, 0.717) is 7.92 Å². The topological polar surface area (TPSA) is 0 Å². The van der Waals surface area contributed by atoms with Crippen molar-refractivity contribution in [3.8, 4) is 0 Å². The van der Waals surface area contributed by atoms with Crippen LogP contribution in [0, 0.1) is 0 Å². The van der Waals surface area contributed by atoms with Gasteiger partial charge in [-0.1, -0.05) is 0 Å². The van der Waals surface area contributed by atoms with Crippen LogP contribution in [0.1, 0.15) is 0 Å². The predicted molar refractivity (Wildman–Crippen MR) is 36.4 cm³/mol. The SMILES string of the molecule is CP(C)C.[Cl][Ru][Cl]. The summed E-state index contributed by atoms with van der Waals surface area (Å²) in [6.45, 7) is 6.69. The van der Waals surface area contributed by atoms with Crippen LogP contribution >= 0.6 is 27.3 Å². The van der Waals surface area contributed by atoms with Crippen LogP contribution in [-0.4, -0.2) is 20.0 Å². The van der Waals surface area contributed by atoms with E-state index in [1.54, 1.807) is 0 Å². The van der Waals surface area contributed by atoms with Crippen LogP contribution in [0.2, 0.25) is 0 Å². The Morgan fingerprint density at radius 2 is 1.14 bits per heavy atom. The summed E-state index contributed by atoms with van der Waals surface area (Å²) >= 11 is -0.346. The molecule has 0 nitrogen and oxygen atoms in total. The fourth-order valence-corrected chi connectivity index (χ4v) is 0. The summed E-state index contributed by atoms with van der Waals surface area (Å²) in [5, 5.41) is 0. The molecule has 0 aliphatic rings. The third kappa shape index (κ3) is 90.8. The van der Waals surface area contributed by atoms with E-state index in [9.17, 15) is 0 Å². The summed E-state index contributed by atoms with van der Waals surface area (Å²) in [5.74, 6) is 0. The van der Waals surface area contributed by atoms with Crippen molar-refractivity contribution >= 4 is 27.3 Å².